The molecule has 3 aromatic carbocycles. The Kier molecular flexibility index (Phi) is 13.4. The lowest BCUT2D eigenvalue weighted by atomic mass is 9.93. The normalized spacial score (nSPS) is 15.6. The van der Waals surface area contributed by atoms with Gasteiger partial charge in [-0.15, -0.1) is 0 Å². The number of esters is 1. The first kappa shape index (κ1) is 35.5. The van der Waals surface area contributed by atoms with Crippen LogP contribution in [0, 0.1) is 5.92 Å². The van der Waals surface area contributed by atoms with Crippen molar-refractivity contribution in [1.82, 2.24) is 0 Å². The van der Waals surface area contributed by atoms with Crippen LogP contribution in [-0.4, -0.2) is 46.1 Å². The summed E-state index contributed by atoms with van der Waals surface area (Å²) in [5.74, 6) is 0.0457. The van der Waals surface area contributed by atoms with Crippen molar-refractivity contribution in [2.24, 2.45) is 5.92 Å². The molecule has 6 nitrogen and oxygen atoms in total. The van der Waals surface area contributed by atoms with Crippen molar-refractivity contribution in [3.63, 3.8) is 0 Å². The van der Waals surface area contributed by atoms with Gasteiger partial charge in [0.15, 0.2) is 9.84 Å². The van der Waals surface area contributed by atoms with Gasteiger partial charge in [0, 0.05) is 19.4 Å². The summed E-state index contributed by atoms with van der Waals surface area (Å²) in [4.78, 5) is 13.7. The molecule has 0 heterocycles. The molecule has 0 aliphatic heterocycles. The molecule has 0 N–H and O–H groups in total. The smallest absolute Gasteiger partial charge is 0.338 e. The minimum atomic E-state index is -4.00. The van der Waals surface area contributed by atoms with E-state index >= 15 is 0 Å². The van der Waals surface area contributed by atoms with Gasteiger partial charge in [-0.1, -0.05) is 84.8 Å². The SMILES string of the molecule is C/C=C(\C)C(OC)C(C)/C=C(\C)C(C(C/C(C)=C\Cc1cccc(OC)c1)OC(=O)c1ccccc1)S(=O)(=O)c1ccccc1. The summed E-state index contributed by atoms with van der Waals surface area (Å²) in [6, 6.07) is 24.8. The van der Waals surface area contributed by atoms with E-state index in [-0.39, 0.29) is 23.3 Å². The zero-order chi connectivity index (χ0) is 33.0. The summed E-state index contributed by atoms with van der Waals surface area (Å²) in [7, 11) is -0.719. The summed E-state index contributed by atoms with van der Waals surface area (Å²) in [5.41, 5.74) is 3.94. The Hall–Kier alpha value is -3.94. The van der Waals surface area contributed by atoms with Crippen LogP contribution in [0.15, 0.2) is 125 Å². The molecular formula is C38H46O6S. The van der Waals surface area contributed by atoms with Crippen molar-refractivity contribution in [2.45, 2.75) is 69.8 Å². The molecule has 0 aliphatic carbocycles. The average molecular weight is 631 g/mol. The number of carbonyl (C=O) groups excluding carboxylic acids is 1. The fourth-order valence-corrected chi connectivity index (χ4v) is 7.50. The van der Waals surface area contributed by atoms with E-state index in [1.54, 1.807) is 75.7 Å². The summed E-state index contributed by atoms with van der Waals surface area (Å²) in [6.45, 7) is 9.69. The largest absolute Gasteiger partial charge is 0.497 e. The lowest BCUT2D eigenvalue weighted by Gasteiger charge is -2.30. The minimum Gasteiger partial charge on any atom is -0.497 e. The quantitative estimate of drug-likeness (QED) is 0.124. The van der Waals surface area contributed by atoms with E-state index in [4.69, 9.17) is 14.2 Å². The topological polar surface area (TPSA) is 78.9 Å². The molecule has 0 spiro atoms. The van der Waals surface area contributed by atoms with E-state index in [2.05, 4.69) is 0 Å². The maximum absolute atomic E-state index is 14.5. The van der Waals surface area contributed by atoms with Gasteiger partial charge in [-0.25, -0.2) is 13.2 Å². The highest BCUT2D eigenvalue weighted by Crippen LogP contribution is 2.31. The van der Waals surface area contributed by atoms with Gasteiger partial charge in [0.2, 0.25) is 0 Å². The fraction of sp³-hybridized carbons (Fsp3) is 0.342. The zero-order valence-corrected chi connectivity index (χ0v) is 28.2. The first-order valence-electron chi connectivity index (χ1n) is 15.2. The van der Waals surface area contributed by atoms with Gasteiger partial charge in [-0.3, -0.25) is 0 Å². The van der Waals surface area contributed by atoms with E-state index in [1.807, 2.05) is 76.3 Å². The lowest BCUT2D eigenvalue weighted by Crippen LogP contribution is -2.39. The number of carbonyl (C=O) groups is 1. The monoisotopic (exact) mass is 630 g/mol. The Morgan fingerprint density at radius 2 is 1.51 bits per heavy atom. The third-order valence-electron chi connectivity index (χ3n) is 7.97. The van der Waals surface area contributed by atoms with Gasteiger partial charge in [0.1, 0.15) is 17.1 Å². The van der Waals surface area contributed by atoms with Crippen LogP contribution in [0.1, 0.15) is 57.0 Å². The molecule has 45 heavy (non-hydrogen) atoms. The van der Waals surface area contributed by atoms with Crippen LogP contribution in [0.4, 0.5) is 0 Å². The highest BCUT2D eigenvalue weighted by molar-refractivity contribution is 7.92. The summed E-state index contributed by atoms with van der Waals surface area (Å²) in [6.07, 6.45) is 5.57. The first-order valence-corrected chi connectivity index (χ1v) is 16.7. The number of hydrogen-bond donors (Lipinski definition) is 0. The molecule has 0 aromatic heterocycles. The first-order chi connectivity index (χ1) is 21.5. The molecule has 3 rings (SSSR count). The van der Waals surface area contributed by atoms with Gasteiger partial charge in [0.05, 0.1) is 23.7 Å². The molecule has 0 aliphatic rings. The standard InChI is InChI=1S/C38H46O6S/c1-8-28(3)36(43-7)29(4)25-30(5)37(45(40,41)34-20-13-10-14-21-34)35(44-38(39)32-17-11-9-12-18-32)24-27(2)22-23-31-16-15-19-33(26-31)42-6/h8-22,25-26,29,35-37H,23-24H2,1-7H3/b27-22-,28-8+,30-25+. The number of sulfone groups is 1. The molecule has 7 heteroatoms. The summed E-state index contributed by atoms with van der Waals surface area (Å²) in [5, 5.41) is -1.14. The van der Waals surface area contributed by atoms with Crippen LogP contribution < -0.4 is 4.74 Å². The van der Waals surface area contributed by atoms with E-state index < -0.39 is 27.2 Å². The van der Waals surface area contributed by atoms with Gasteiger partial charge in [0.25, 0.3) is 0 Å². The van der Waals surface area contributed by atoms with Crippen LogP contribution >= 0.6 is 0 Å². The summed E-state index contributed by atoms with van der Waals surface area (Å²) < 4.78 is 46.2. The molecule has 4 atom stereocenters. The summed E-state index contributed by atoms with van der Waals surface area (Å²) >= 11 is 0. The van der Waals surface area contributed by atoms with Crippen molar-refractivity contribution < 1.29 is 27.4 Å². The van der Waals surface area contributed by atoms with Crippen molar-refractivity contribution in [3.05, 3.63) is 131 Å². The van der Waals surface area contributed by atoms with Gasteiger partial charge in [-0.05, 0) is 81.7 Å². The molecule has 0 bridgehead atoms. The average Bonchev–Trinajstić information content (AvgIpc) is 3.04. The van der Waals surface area contributed by atoms with E-state index in [1.165, 1.54) is 0 Å². The lowest BCUT2D eigenvalue weighted by molar-refractivity contribution is 0.0310. The van der Waals surface area contributed by atoms with Gasteiger partial charge in [-0.2, -0.15) is 0 Å². The molecule has 0 saturated carbocycles. The number of hydrogen-bond acceptors (Lipinski definition) is 6. The Morgan fingerprint density at radius 1 is 0.867 bits per heavy atom. The molecular weight excluding hydrogens is 584 g/mol. The van der Waals surface area contributed by atoms with Crippen molar-refractivity contribution in [1.29, 1.82) is 0 Å². The van der Waals surface area contributed by atoms with Gasteiger partial charge < -0.3 is 14.2 Å². The van der Waals surface area contributed by atoms with Crippen LogP contribution in [0.25, 0.3) is 0 Å². The Morgan fingerprint density at radius 3 is 2.11 bits per heavy atom. The molecule has 0 radical (unpaired) electrons. The zero-order valence-electron chi connectivity index (χ0n) is 27.4. The molecule has 240 valence electrons. The Balaban J connectivity index is 2.12. The van der Waals surface area contributed by atoms with Crippen molar-refractivity contribution in [2.75, 3.05) is 14.2 Å². The highest BCUT2D eigenvalue weighted by atomic mass is 32.2. The Labute approximate surface area is 269 Å². The number of benzene rings is 3. The van der Waals surface area contributed by atoms with Crippen molar-refractivity contribution in [3.8, 4) is 5.75 Å². The fourth-order valence-electron chi connectivity index (χ4n) is 5.55. The second kappa shape index (κ2) is 16.9. The van der Waals surface area contributed by atoms with Crippen LogP contribution in [0.2, 0.25) is 0 Å². The minimum absolute atomic E-state index is 0.144. The Bertz CT molecular complexity index is 1590. The molecule has 0 amide bonds. The molecule has 4 unspecified atom stereocenters. The molecule has 0 saturated heterocycles. The predicted octanol–water partition coefficient (Wildman–Crippen LogP) is 8.21. The second-order valence-corrected chi connectivity index (χ2v) is 13.4. The highest BCUT2D eigenvalue weighted by Gasteiger charge is 2.39. The van der Waals surface area contributed by atoms with Crippen LogP contribution in [0.3, 0.4) is 0 Å². The van der Waals surface area contributed by atoms with E-state index in [9.17, 15) is 13.2 Å². The molecule has 0 fully saturated rings. The van der Waals surface area contributed by atoms with E-state index in [0.29, 0.717) is 17.6 Å². The number of allylic oxidation sites excluding steroid dienone is 2. The third kappa shape index (κ3) is 9.77. The third-order valence-corrected chi connectivity index (χ3v) is 10.2. The van der Waals surface area contributed by atoms with Crippen molar-refractivity contribution >= 4 is 15.8 Å². The van der Waals surface area contributed by atoms with Crippen LogP contribution in [-0.2, 0) is 25.7 Å². The maximum Gasteiger partial charge on any atom is 0.338 e. The number of methoxy groups -OCH3 is 2. The maximum atomic E-state index is 14.5. The number of ether oxygens (including phenoxy) is 3. The van der Waals surface area contributed by atoms with Gasteiger partial charge >= 0.3 is 5.97 Å². The van der Waals surface area contributed by atoms with E-state index in [0.717, 1.165) is 22.5 Å². The van der Waals surface area contributed by atoms with Crippen LogP contribution in [0.5, 0.6) is 5.75 Å². The number of rotatable bonds is 15. The molecule has 3 aromatic rings. The second-order valence-electron chi connectivity index (χ2n) is 11.4. The predicted molar refractivity (Wildman–Crippen MR) is 181 cm³/mol.